The summed E-state index contributed by atoms with van der Waals surface area (Å²) >= 11 is 1.68. The van der Waals surface area contributed by atoms with Gasteiger partial charge in [0.25, 0.3) is 0 Å². The second kappa shape index (κ2) is 5.28. The van der Waals surface area contributed by atoms with E-state index < -0.39 is 0 Å². The molecule has 1 heterocycles. The van der Waals surface area contributed by atoms with E-state index in [0.29, 0.717) is 11.6 Å². The maximum atomic E-state index is 4.39. The molecule has 0 bridgehead atoms. The Morgan fingerprint density at radius 1 is 1.31 bits per heavy atom. The summed E-state index contributed by atoms with van der Waals surface area (Å²) in [5.41, 5.74) is 3.43. The summed E-state index contributed by atoms with van der Waals surface area (Å²) in [5, 5.41) is 5.93. The fraction of sp³-hybridized carbons (Fsp3) is 0.769. The highest BCUT2D eigenvalue weighted by atomic mass is 32.1. The van der Waals surface area contributed by atoms with Crippen molar-refractivity contribution >= 4 is 11.3 Å². The number of rotatable bonds is 3. The number of nitrogens with zero attached hydrogens (tertiary/aromatic N) is 1. The summed E-state index contributed by atoms with van der Waals surface area (Å²) in [6.45, 7) is 4.60. The lowest BCUT2D eigenvalue weighted by Crippen LogP contribution is -2.43. The van der Waals surface area contributed by atoms with Crippen molar-refractivity contribution in [3.05, 3.63) is 16.6 Å². The molecule has 0 radical (unpaired) electrons. The molecular formula is C13H22N2S. The first-order valence-corrected chi connectivity index (χ1v) is 7.30. The van der Waals surface area contributed by atoms with E-state index >= 15 is 0 Å². The van der Waals surface area contributed by atoms with Gasteiger partial charge in [0.2, 0.25) is 0 Å². The molecule has 1 aromatic heterocycles. The molecule has 0 saturated heterocycles. The van der Waals surface area contributed by atoms with Gasteiger partial charge in [-0.3, -0.25) is 0 Å². The number of aromatic nitrogens is 1. The monoisotopic (exact) mass is 238 g/mol. The van der Waals surface area contributed by atoms with E-state index in [0.717, 1.165) is 0 Å². The Labute approximate surface area is 102 Å². The maximum absolute atomic E-state index is 4.39. The number of thiazole rings is 1. The van der Waals surface area contributed by atoms with E-state index in [1.807, 2.05) is 5.51 Å². The summed E-state index contributed by atoms with van der Waals surface area (Å²) in [6.07, 6.45) is 8.16. The van der Waals surface area contributed by atoms with E-state index in [9.17, 15) is 0 Å². The molecule has 2 nitrogen and oxygen atoms in total. The third-order valence-corrected chi connectivity index (χ3v) is 4.27. The molecule has 3 heteroatoms. The number of hydrogen-bond donors (Lipinski definition) is 1. The second-order valence-corrected chi connectivity index (χ2v) is 5.97. The van der Waals surface area contributed by atoms with Crippen molar-refractivity contribution in [2.24, 2.45) is 0 Å². The van der Waals surface area contributed by atoms with E-state index in [2.05, 4.69) is 29.5 Å². The highest BCUT2D eigenvalue weighted by molar-refractivity contribution is 7.07. The Bertz CT molecular complexity index is 300. The average Bonchev–Trinajstić information content (AvgIpc) is 2.69. The van der Waals surface area contributed by atoms with E-state index in [-0.39, 0.29) is 0 Å². The van der Waals surface area contributed by atoms with Crippen molar-refractivity contribution in [2.75, 3.05) is 0 Å². The average molecular weight is 238 g/mol. The van der Waals surface area contributed by atoms with Crippen LogP contribution in [0, 0.1) is 0 Å². The van der Waals surface area contributed by atoms with Gasteiger partial charge in [-0.2, -0.15) is 0 Å². The molecule has 1 N–H and O–H groups in total. The molecule has 1 saturated carbocycles. The maximum Gasteiger partial charge on any atom is 0.0795 e. The molecule has 2 rings (SSSR count). The van der Waals surface area contributed by atoms with Gasteiger partial charge in [-0.1, -0.05) is 25.7 Å². The van der Waals surface area contributed by atoms with E-state index in [4.69, 9.17) is 0 Å². The number of hydrogen-bond acceptors (Lipinski definition) is 3. The molecule has 1 unspecified atom stereocenters. The molecule has 0 spiro atoms. The van der Waals surface area contributed by atoms with Crippen molar-refractivity contribution in [1.29, 1.82) is 0 Å². The van der Waals surface area contributed by atoms with E-state index in [1.165, 1.54) is 44.2 Å². The predicted octanol–water partition coefficient (Wildman–Crippen LogP) is 3.91. The third-order valence-electron chi connectivity index (χ3n) is 3.67. The third kappa shape index (κ3) is 3.05. The summed E-state index contributed by atoms with van der Waals surface area (Å²) in [4.78, 5) is 4.39. The largest absolute Gasteiger partial charge is 0.304 e. The molecular weight excluding hydrogens is 216 g/mol. The SMILES string of the molecule is CC(NC1(C)CCCCCC1)c1cscn1. The molecule has 0 amide bonds. The summed E-state index contributed by atoms with van der Waals surface area (Å²) in [6, 6.07) is 0.384. The lowest BCUT2D eigenvalue weighted by atomic mass is 9.91. The highest BCUT2D eigenvalue weighted by Crippen LogP contribution is 2.29. The standard InChI is InChI=1S/C13H22N2S/c1-11(12-9-16-10-14-12)15-13(2)7-5-3-4-6-8-13/h9-11,15H,3-8H2,1-2H3. The second-order valence-electron chi connectivity index (χ2n) is 5.25. The van der Waals surface area contributed by atoms with Crippen LogP contribution in [0.15, 0.2) is 10.9 Å². The van der Waals surface area contributed by atoms with Crippen LogP contribution >= 0.6 is 11.3 Å². The topological polar surface area (TPSA) is 24.9 Å². The van der Waals surface area contributed by atoms with Gasteiger partial charge in [-0.25, -0.2) is 4.98 Å². The number of nitrogens with one attached hydrogen (secondary N) is 1. The van der Waals surface area contributed by atoms with Crippen LogP contribution in [0.5, 0.6) is 0 Å². The van der Waals surface area contributed by atoms with Crippen LogP contribution in [0.2, 0.25) is 0 Å². The normalized spacial score (nSPS) is 22.6. The summed E-state index contributed by atoms with van der Waals surface area (Å²) in [7, 11) is 0. The molecule has 1 aliphatic carbocycles. The summed E-state index contributed by atoms with van der Waals surface area (Å²) < 4.78 is 0. The van der Waals surface area contributed by atoms with Gasteiger partial charge in [0.05, 0.1) is 11.2 Å². The van der Waals surface area contributed by atoms with Crippen LogP contribution in [0.1, 0.15) is 64.1 Å². The molecule has 0 aromatic carbocycles. The quantitative estimate of drug-likeness (QED) is 0.808. The minimum Gasteiger partial charge on any atom is -0.304 e. The lowest BCUT2D eigenvalue weighted by molar-refractivity contribution is 0.282. The Hall–Kier alpha value is -0.410. The molecule has 1 fully saturated rings. The van der Waals surface area contributed by atoms with Gasteiger partial charge in [0, 0.05) is 17.0 Å². The van der Waals surface area contributed by atoms with Crippen LogP contribution in [0.25, 0.3) is 0 Å². The minimum atomic E-state index is 0.319. The van der Waals surface area contributed by atoms with Gasteiger partial charge in [0.1, 0.15) is 0 Å². The zero-order valence-electron chi connectivity index (χ0n) is 10.3. The Kier molecular flexibility index (Phi) is 3.98. The van der Waals surface area contributed by atoms with Crippen molar-refractivity contribution in [2.45, 2.75) is 64.0 Å². The minimum absolute atomic E-state index is 0.319. The van der Waals surface area contributed by atoms with Crippen LogP contribution in [0.3, 0.4) is 0 Å². The Morgan fingerprint density at radius 3 is 2.56 bits per heavy atom. The van der Waals surface area contributed by atoms with Crippen molar-refractivity contribution in [1.82, 2.24) is 10.3 Å². The zero-order chi connectivity index (χ0) is 11.4. The fourth-order valence-electron chi connectivity index (χ4n) is 2.69. The molecule has 90 valence electrons. The first-order chi connectivity index (χ1) is 7.70. The predicted molar refractivity (Wildman–Crippen MR) is 69.8 cm³/mol. The first kappa shape index (κ1) is 12.1. The van der Waals surface area contributed by atoms with Gasteiger partial charge >= 0.3 is 0 Å². The van der Waals surface area contributed by atoms with Crippen LogP contribution in [0.4, 0.5) is 0 Å². The Morgan fingerprint density at radius 2 is 2.00 bits per heavy atom. The summed E-state index contributed by atoms with van der Waals surface area (Å²) in [5.74, 6) is 0. The van der Waals surface area contributed by atoms with Crippen LogP contribution in [-0.2, 0) is 0 Å². The van der Waals surface area contributed by atoms with E-state index in [1.54, 1.807) is 11.3 Å². The molecule has 1 aliphatic rings. The van der Waals surface area contributed by atoms with Crippen LogP contribution in [-0.4, -0.2) is 10.5 Å². The molecule has 16 heavy (non-hydrogen) atoms. The molecule has 1 atom stereocenters. The zero-order valence-corrected chi connectivity index (χ0v) is 11.1. The van der Waals surface area contributed by atoms with Crippen molar-refractivity contribution in [3.63, 3.8) is 0 Å². The fourth-order valence-corrected chi connectivity index (χ4v) is 3.33. The Balaban J connectivity index is 1.96. The van der Waals surface area contributed by atoms with Crippen molar-refractivity contribution < 1.29 is 0 Å². The van der Waals surface area contributed by atoms with Crippen molar-refractivity contribution in [3.8, 4) is 0 Å². The first-order valence-electron chi connectivity index (χ1n) is 6.35. The van der Waals surface area contributed by atoms with Crippen LogP contribution < -0.4 is 5.32 Å². The van der Waals surface area contributed by atoms with Gasteiger partial charge in [-0.05, 0) is 26.7 Å². The highest BCUT2D eigenvalue weighted by Gasteiger charge is 2.27. The van der Waals surface area contributed by atoms with Gasteiger partial charge in [0.15, 0.2) is 0 Å². The molecule has 1 aromatic rings. The van der Waals surface area contributed by atoms with Gasteiger partial charge in [-0.15, -0.1) is 11.3 Å². The molecule has 0 aliphatic heterocycles. The van der Waals surface area contributed by atoms with Gasteiger partial charge < -0.3 is 5.32 Å². The smallest absolute Gasteiger partial charge is 0.0795 e. The lowest BCUT2D eigenvalue weighted by Gasteiger charge is -2.32.